The second-order valence-electron chi connectivity index (χ2n) is 3.94. The number of para-hydroxylation sites is 2. The third-order valence-electron chi connectivity index (χ3n) is 2.04. The first kappa shape index (κ1) is 13.5. The minimum Gasteiger partial charge on any atom is -0.489 e. The van der Waals surface area contributed by atoms with Crippen molar-refractivity contribution in [1.82, 2.24) is 0 Å². The SMILES string of the molecule is CC(C)Oc1ccccc1NC(=O)C(N)CO. The molecular formula is C12H18N2O3. The first-order valence-electron chi connectivity index (χ1n) is 5.47. The van der Waals surface area contributed by atoms with Gasteiger partial charge in [0.2, 0.25) is 5.91 Å². The predicted molar refractivity (Wildman–Crippen MR) is 65.9 cm³/mol. The lowest BCUT2D eigenvalue weighted by Gasteiger charge is -2.16. The van der Waals surface area contributed by atoms with Gasteiger partial charge < -0.3 is 20.9 Å². The summed E-state index contributed by atoms with van der Waals surface area (Å²) in [5.41, 5.74) is 5.96. The largest absolute Gasteiger partial charge is 0.489 e. The first-order chi connectivity index (χ1) is 8.04. The Hall–Kier alpha value is -1.59. The van der Waals surface area contributed by atoms with Crippen molar-refractivity contribution in [3.05, 3.63) is 24.3 Å². The smallest absolute Gasteiger partial charge is 0.243 e. The molecule has 17 heavy (non-hydrogen) atoms. The summed E-state index contributed by atoms with van der Waals surface area (Å²) >= 11 is 0. The summed E-state index contributed by atoms with van der Waals surface area (Å²) in [5, 5.41) is 11.4. The molecule has 0 fully saturated rings. The molecule has 0 aromatic heterocycles. The van der Waals surface area contributed by atoms with E-state index in [0.29, 0.717) is 11.4 Å². The third kappa shape index (κ3) is 4.05. The van der Waals surface area contributed by atoms with Crippen molar-refractivity contribution in [3.63, 3.8) is 0 Å². The van der Waals surface area contributed by atoms with E-state index in [-0.39, 0.29) is 12.7 Å². The Morgan fingerprint density at radius 2 is 2.12 bits per heavy atom. The average molecular weight is 238 g/mol. The van der Waals surface area contributed by atoms with Crippen molar-refractivity contribution in [2.75, 3.05) is 11.9 Å². The quantitative estimate of drug-likeness (QED) is 0.706. The highest BCUT2D eigenvalue weighted by Gasteiger charge is 2.14. The molecule has 1 aromatic carbocycles. The molecule has 0 aliphatic heterocycles. The monoisotopic (exact) mass is 238 g/mol. The van der Waals surface area contributed by atoms with Gasteiger partial charge in [-0.3, -0.25) is 4.79 Å². The summed E-state index contributed by atoms with van der Waals surface area (Å²) in [4.78, 5) is 11.5. The normalized spacial score (nSPS) is 12.3. The second kappa shape index (κ2) is 6.22. The van der Waals surface area contributed by atoms with E-state index in [4.69, 9.17) is 15.6 Å². The van der Waals surface area contributed by atoms with Crippen LogP contribution in [-0.4, -0.2) is 29.8 Å². The van der Waals surface area contributed by atoms with Gasteiger partial charge in [0.05, 0.1) is 18.4 Å². The molecule has 0 saturated carbocycles. The molecule has 5 nitrogen and oxygen atoms in total. The third-order valence-corrected chi connectivity index (χ3v) is 2.04. The number of carbonyl (C=O) groups excluding carboxylic acids is 1. The molecule has 1 atom stereocenters. The van der Waals surface area contributed by atoms with E-state index < -0.39 is 11.9 Å². The van der Waals surface area contributed by atoms with E-state index in [1.165, 1.54) is 0 Å². The van der Waals surface area contributed by atoms with Crippen molar-refractivity contribution < 1.29 is 14.6 Å². The Morgan fingerprint density at radius 1 is 1.47 bits per heavy atom. The van der Waals surface area contributed by atoms with Gasteiger partial charge in [-0.1, -0.05) is 12.1 Å². The fourth-order valence-electron chi connectivity index (χ4n) is 1.23. The van der Waals surface area contributed by atoms with Crippen molar-refractivity contribution >= 4 is 11.6 Å². The van der Waals surface area contributed by atoms with Crippen LogP contribution in [0.1, 0.15) is 13.8 Å². The van der Waals surface area contributed by atoms with Crippen LogP contribution >= 0.6 is 0 Å². The Kier molecular flexibility index (Phi) is 4.93. The summed E-state index contributed by atoms with van der Waals surface area (Å²) < 4.78 is 5.54. The van der Waals surface area contributed by atoms with Crippen LogP contribution in [0.2, 0.25) is 0 Å². The predicted octanol–water partition coefficient (Wildman–Crippen LogP) is 0.732. The first-order valence-corrected chi connectivity index (χ1v) is 5.47. The van der Waals surface area contributed by atoms with Crippen LogP contribution in [-0.2, 0) is 4.79 Å². The number of ether oxygens (including phenoxy) is 1. The zero-order chi connectivity index (χ0) is 12.8. The highest BCUT2D eigenvalue weighted by Crippen LogP contribution is 2.24. The lowest BCUT2D eigenvalue weighted by molar-refractivity contribution is -0.118. The van der Waals surface area contributed by atoms with Crippen LogP contribution in [0.3, 0.4) is 0 Å². The number of benzene rings is 1. The summed E-state index contributed by atoms with van der Waals surface area (Å²) in [6.07, 6.45) is 0.0135. The molecule has 4 N–H and O–H groups in total. The topological polar surface area (TPSA) is 84.6 Å². The fourth-order valence-corrected chi connectivity index (χ4v) is 1.23. The van der Waals surface area contributed by atoms with Crippen LogP contribution in [0.4, 0.5) is 5.69 Å². The van der Waals surface area contributed by atoms with Crippen molar-refractivity contribution in [2.24, 2.45) is 5.73 Å². The molecule has 1 amide bonds. The molecule has 1 rings (SSSR count). The van der Waals surface area contributed by atoms with Gasteiger partial charge in [-0.2, -0.15) is 0 Å². The van der Waals surface area contributed by atoms with Crippen molar-refractivity contribution in [3.8, 4) is 5.75 Å². The van der Waals surface area contributed by atoms with Crippen LogP contribution in [0.5, 0.6) is 5.75 Å². The number of rotatable bonds is 5. The maximum Gasteiger partial charge on any atom is 0.243 e. The van der Waals surface area contributed by atoms with Gasteiger partial charge in [0.25, 0.3) is 0 Å². The summed E-state index contributed by atoms with van der Waals surface area (Å²) in [6.45, 7) is 3.41. The molecule has 0 spiro atoms. The zero-order valence-corrected chi connectivity index (χ0v) is 10.0. The Labute approximate surface area is 101 Å². The molecule has 0 saturated heterocycles. The number of hydrogen-bond donors (Lipinski definition) is 3. The maximum absolute atomic E-state index is 11.5. The number of anilines is 1. The van der Waals surface area contributed by atoms with Gasteiger partial charge in [-0.05, 0) is 26.0 Å². The van der Waals surface area contributed by atoms with E-state index in [0.717, 1.165) is 0 Å². The van der Waals surface area contributed by atoms with E-state index >= 15 is 0 Å². The number of carbonyl (C=O) groups is 1. The molecule has 0 radical (unpaired) electrons. The van der Waals surface area contributed by atoms with E-state index in [1.807, 2.05) is 19.9 Å². The van der Waals surface area contributed by atoms with Crippen molar-refractivity contribution in [2.45, 2.75) is 26.0 Å². The molecule has 0 aliphatic rings. The van der Waals surface area contributed by atoms with Gasteiger partial charge >= 0.3 is 0 Å². The Bertz CT molecular complexity index is 380. The average Bonchev–Trinajstić information content (AvgIpc) is 2.29. The fraction of sp³-hybridized carbons (Fsp3) is 0.417. The molecule has 94 valence electrons. The lowest BCUT2D eigenvalue weighted by atomic mass is 10.2. The van der Waals surface area contributed by atoms with E-state index in [9.17, 15) is 4.79 Å². The number of hydrogen-bond acceptors (Lipinski definition) is 4. The van der Waals surface area contributed by atoms with Gasteiger partial charge in [-0.15, -0.1) is 0 Å². The molecule has 0 aliphatic carbocycles. The maximum atomic E-state index is 11.5. The summed E-state index contributed by atoms with van der Waals surface area (Å²) in [5.74, 6) is 0.147. The minimum atomic E-state index is -0.929. The molecule has 1 aromatic rings. The molecular weight excluding hydrogens is 220 g/mol. The highest BCUT2D eigenvalue weighted by molar-refractivity contribution is 5.96. The lowest BCUT2D eigenvalue weighted by Crippen LogP contribution is -2.38. The Morgan fingerprint density at radius 3 is 2.71 bits per heavy atom. The zero-order valence-electron chi connectivity index (χ0n) is 10.0. The van der Waals surface area contributed by atoms with Crippen molar-refractivity contribution in [1.29, 1.82) is 0 Å². The number of aliphatic hydroxyl groups is 1. The minimum absolute atomic E-state index is 0.0135. The summed E-state index contributed by atoms with van der Waals surface area (Å²) in [7, 11) is 0. The van der Waals surface area contributed by atoms with Crippen LogP contribution in [0, 0.1) is 0 Å². The molecule has 0 bridgehead atoms. The standard InChI is InChI=1S/C12H18N2O3/c1-8(2)17-11-6-4-3-5-10(11)14-12(16)9(13)7-15/h3-6,8-9,15H,7,13H2,1-2H3,(H,14,16). The van der Waals surface area contributed by atoms with Crippen LogP contribution < -0.4 is 15.8 Å². The molecule has 0 heterocycles. The number of amides is 1. The van der Waals surface area contributed by atoms with Crippen LogP contribution in [0.25, 0.3) is 0 Å². The summed E-state index contributed by atoms with van der Waals surface area (Å²) in [6, 6.07) is 6.16. The number of nitrogens with one attached hydrogen (secondary N) is 1. The van der Waals surface area contributed by atoms with E-state index in [2.05, 4.69) is 5.32 Å². The molecule has 5 heteroatoms. The molecule has 1 unspecified atom stereocenters. The number of aliphatic hydroxyl groups excluding tert-OH is 1. The second-order valence-corrected chi connectivity index (χ2v) is 3.94. The van der Waals surface area contributed by atoms with E-state index in [1.54, 1.807) is 18.2 Å². The van der Waals surface area contributed by atoms with Gasteiger partial charge in [0.15, 0.2) is 0 Å². The van der Waals surface area contributed by atoms with Gasteiger partial charge in [0.1, 0.15) is 11.8 Å². The highest BCUT2D eigenvalue weighted by atomic mass is 16.5. The van der Waals surface area contributed by atoms with Gasteiger partial charge in [0, 0.05) is 0 Å². The van der Waals surface area contributed by atoms with Gasteiger partial charge in [-0.25, -0.2) is 0 Å². The van der Waals surface area contributed by atoms with Crippen LogP contribution in [0.15, 0.2) is 24.3 Å². The Balaban J connectivity index is 2.79. The number of nitrogens with two attached hydrogens (primary N) is 1.